The molecular formula is C11H20N2O7. The second-order valence-electron chi connectivity index (χ2n) is 4.61. The van der Waals surface area contributed by atoms with Crippen LogP contribution in [-0.4, -0.2) is 78.1 Å². The molecule has 0 saturated carbocycles. The van der Waals surface area contributed by atoms with Gasteiger partial charge in [0.2, 0.25) is 6.23 Å². The molecule has 116 valence electrons. The Morgan fingerprint density at radius 3 is 2.35 bits per heavy atom. The van der Waals surface area contributed by atoms with E-state index in [-0.39, 0.29) is 32.6 Å². The first kappa shape index (κ1) is 16.8. The van der Waals surface area contributed by atoms with Gasteiger partial charge in [0.25, 0.3) is 0 Å². The summed E-state index contributed by atoms with van der Waals surface area (Å²) in [6, 6.07) is 0. The van der Waals surface area contributed by atoms with Gasteiger partial charge in [-0.25, -0.2) is 4.90 Å². The zero-order valence-corrected chi connectivity index (χ0v) is 11.5. The molecule has 20 heavy (non-hydrogen) atoms. The van der Waals surface area contributed by atoms with Crippen LogP contribution >= 0.6 is 0 Å². The van der Waals surface area contributed by atoms with E-state index in [2.05, 4.69) is 9.47 Å². The number of ether oxygens (including phenoxy) is 2. The Kier molecular flexibility index (Phi) is 5.84. The minimum atomic E-state index is -1.59. The summed E-state index contributed by atoms with van der Waals surface area (Å²) in [6.07, 6.45) is -3.13. The maximum atomic E-state index is 12.4. The van der Waals surface area contributed by atoms with E-state index in [1.807, 2.05) is 0 Å². The van der Waals surface area contributed by atoms with Gasteiger partial charge in [-0.2, -0.15) is 0 Å². The molecule has 0 amide bonds. The summed E-state index contributed by atoms with van der Waals surface area (Å²) in [5.74, 6) is -1.04. The Labute approximate surface area is 116 Å². The predicted octanol–water partition coefficient (Wildman–Crippen LogP) is -1.66. The monoisotopic (exact) mass is 292 g/mol. The maximum Gasteiger partial charge on any atom is 0.311 e. The third-order valence-corrected chi connectivity index (χ3v) is 3.30. The predicted molar refractivity (Wildman–Crippen MR) is 65.3 cm³/mol. The van der Waals surface area contributed by atoms with E-state index in [1.54, 1.807) is 0 Å². The van der Waals surface area contributed by atoms with Crippen molar-refractivity contribution in [2.45, 2.75) is 25.3 Å². The molecule has 0 aliphatic carbocycles. The van der Waals surface area contributed by atoms with E-state index >= 15 is 0 Å². The van der Waals surface area contributed by atoms with Crippen molar-refractivity contribution >= 4 is 11.9 Å². The summed E-state index contributed by atoms with van der Waals surface area (Å²) in [5.41, 5.74) is 0. The fourth-order valence-electron chi connectivity index (χ4n) is 2.03. The van der Waals surface area contributed by atoms with Gasteiger partial charge in [0.15, 0.2) is 6.23 Å². The van der Waals surface area contributed by atoms with Gasteiger partial charge in [0.1, 0.15) is 6.67 Å². The molecule has 1 fully saturated rings. The number of aliphatic hydroxyl groups excluding tert-OH is 2. The Morgan fingerprint density at radius 2 is 1.80 bits per heavy atom. The summed E-state index contributed by atoms with van der Waals surface area (Å²) in [4.78, 5) is 23.4. The molecule has 0 aromatic carbocycles. The van der Waals surface area contributed by atoms with Crippen molar-refractivity contribution in [3.05, 3.63) is 5.21 Å². The van der Waals surface area contributed by atoms with Crippen molar-refractivity contribution in [1.29, 1.82) is 0 Å². The highest BCUT2D eigenvalue weighted by atomic mass is 16.6. The number of quaternary nitrogens is 1. The van der Waals surface area contributed by atoms with Crippen molar-refractivity contribution < 1.29 is 33.9 Å². The average molecular weight is 292 g/mol. The van der Waals surface area contributed by atoms with Gasteiger partial charge >= 0.3 is 11.9 Å². The van der Waals surface area contributed by atoms with Gasteiger partial charge in [-0.05, 0) is 0 Å². The van der Waals surface area contributed by atoms with Crippen LogP contribution in [0.25, 0.3) is 0 Å². The van der Waals surface area contributed by atoms with Crippen LogP contribution < -0.4 is 0 Å². The second kappa shape index (κ2) is 6.95. The van der Waals surface area contributed by atoms with Crippen LogP contribution in [-0.2, 0) is 19.1 Å². The molecule has 3 unspecified atom stereocenters. The molecule has 0 aromatic rings. The lowest BCUT2D eigenvalue weighted by atomic mass is 10.3. The fraction of sp³-hybridized carbons (Fsp3) is 0.818. The van der Waals surface area contributed by atoms with Crippen LogP contribution in [0.5, 0.6) is 0 Å². The molecule has 0 spiro atoms. The zero-order valence-electron chi connectivity index (χ0n) is 11.5. The van der Waals surface area contributed by atoms with E-state index in [0.717, 1.165) is 0 Å². The first-order valence-electron chi connectivity index (χ1n) is 6.15. The number of esters is 2. The lowest BCUT2D eigenvalue weighted by molar-refractivity contribution is -0.918. The van der Waals surface area contributed by atoms with Crippen LogP contribution in [0, 0.1) is 5.21 Å². The van der Waals surface area contributed by atoms with E-state index in [9.17, 15) is 25.0 Å². The standard InChI is InChI=1S/C11H20N2O7/c1-19-8(14)3-5-12-7-13(18,11(17)10(12)16)6-4-9(15)20-2/h10-11,16-17H,3-7H2,1-2H3. The Morgan fingerprint density at radius 1 is 1.25 bits per heavy atom. The van der Waals surface area contributed by atoms with Gasteiger partial charge in [0, 0.05) is 6.54 Å². The van der Waals surface area contributed by atoms with Crippen LogP contribution in [0.15, 0.2) is 0 Å². The van der Waals surface area contributed by atoms with Crippen LogP contribution in [0.2, 0.25) is 0 Å². The molecule has 1 aliphatic rings. The number of hydrogen-bond donors (Lipinski definition) is 2. The molecule has 1 heterocycles. The highest BCUT2D eigenvalue weighted by molar-refractivity contribution is 5.69. The van der Waals surface area contributed by atoms with Gasteiger partial charge in [-0.3, -0.25) is 9.59 Å². The Hall–Kier alpha value is -1.26. The molecule has 3 atom stereocenters. The normalized spacial score (nSPS) is 30.2. The molecular weight excluding hydrogens is 272 g/mol. The number of hydrogen-bond acceptors (Lipinski definition) is 8. The minimum Gasteiger partial charge on any atom is -0.630 e. The van der Waals surface area contributed by atoms with Gasteiger partial charge in [-0.15, -0.1) is 0 Å². The molecule has 0 aromatic heterocycles. The molecule has 2 N–H and O–H groups in total. The molecule has 1 rings (SSSR count). The first-order chi connectivity index (χ1) is 9.34. The summed E-state index contributed by atoms with van der Waals surface area (Å²) in [5, 5.41) is 31.9. The highest BCUT2D eigenvalue weighted by Gasteiger charge is 2.46. The lowest BCUT2D eigenvalue weighted by Gasteiger charge is -2.40. The lowest BCUT2D eigenvalue weighted by Crippen LogP contribution is -2.50. The van der Waals surface area contributed by atoms with Gasteiger partial charge in [-0.1, -0.05) is 0 Å². The van der Waals surface area contributed by atoms with Crippen molar-refractivity contribution in [2.24, 2.45) is 0 Å². The van der Waals surface area contributed by atoms with E-state index in [4.69, 9.17) is 0 Å². The minimum absolute atomic E-state index is 0.00270. The van der Waals surface area contributed by atoms with E-state index in [0.29, 0.717) is 0 Å². The summed E-state index contributed by atoms with van der Waals surface area (Å²) >= 11 is 0. The molecule has 9 nitrogen and oxygen atoms in total. The largest absolute Gasteiger partial charge is 0.630 e. The number of rotatable bonds is 6. The van der Waals surface area contributed by atoms with Crippen molar-refractivity contribution in [2.75, 3.05) is 34.0 Å². The Balaban J connectivity index is 2.58. The Bertz CT molecular complexity index is 365. The van der Waals surface area contributed by atoms with Gasteiger partial charge < -0.3 is 29.5 Å². The second-order valence-corrected chi connectivity index (χ2v) is 4.61. The average Bonchev–Trinajstić information content (AvgIpc) is 2.67. The van der Waals surface area contributed by atoms with E-state index < -0.39 is 29.0 Å². The number of aliphatic hydroxyl groups is 2. The zero-order chi connectivity index (χ0) is 15.3. The van der Waals surface area contributed by atoms with Crippen molar-refractivity contribution in [3.63, 3.8) is 0 Å². The number of hydroxylamine groups is 3. The third-order valence-electron chi connectivity index (χ3n) is 3.30. The molecule has 0 bridgehead atoms. The number of carbonyl (C=O) groups excluding carboxylic acids is 2. The topological polar surface area (TPSA) is 119 Å². The van der Waals surface area contributed by atoms with E-state index in [1.165, 1.54) is 19.1 Å². The molecule has 0 radical (unpaired) electrons. The quantitative estimate of drug-likeness (QED) is 0.339. The summed E-state index contributed by atoms with van der Waals surface area (Å²) < 4.78 is 7.75. The number of nitrogens with zero attached hydrogens (tertiary/aromatic N) is 2. The van der Waals surface area contributed by atoms with Crippen LogP contribution in [0.1, 0.15) is 12.8 Å². The molecule has 1 saturated heterocycles. The third kappa shape index (κ3) is 3.87. The number of carbonyl (C=O) groups is 2. The van der Waals surface area contributed by atoms with Crippen LogP contribution in [0.3, 0.4) is 0 Å². The first-order valence-corrected chi connectivity index (χ1v) is 6.15. The SMILES string of the molecule is COC(=O)CCN1C[N+]([O-])(CCC(=O)OC)C(O)C1O. The highest BCUT2D eigenvalue weighted by Crippen LogP contribution is 2.26. The van der Waals surface area contributed by atoms with Crippen molar-refractivity contribution in [1.82, 2.24) is 4.90 Å². The van der Waals surface area contributed by atoms with Crippen molar-refractivity contribution in [3.8, 4) is 0 Å². The summed E-state index contributed by atoms with van der Waals surface area (Å²) in [7, 11) is 2.44. The molecule has 9 heteroatoms. The smallest absolute Gasteiger partial charge is 0.311 e. The van der Waals surface area contributed by atoms with Gasteiger partial charge in [0.05, 0.1) is 33.6 Å². The van der Waals surface area contributed by atoms with Crippen LogP contribution in [0.4, 0.5) is 0 Å². The molecule has 1 aliphatic heterocycles. The summed E-state index contributed by atoms with van der Waals surface area (Å²) in [6.45, 7) is -0.332. The fourth-order valence-corrected chi connectivity index (χ4v) is 2.03. The maximum absolute atomic E-state index is 12.4. The number of methoxy groups -OCH3 is 2.